The summed E-state index contributed by atoms with van der Waals surface area (Å²) in [6.45, 7) is 0. The van der Waals surface area contributed by atoms with Gasteiger partial charge in [-0.05, 0) is 23.1 Å². The maximum atomic E-state index is 10.9. The quantitative estimate of drug-likeness (QED) is 0.371. The van der Waals surface area contributed by atoms with E-state index in [0.29, 0.717) is 11.4 Å². The van der Waals surface area contributed by atoms with E-state index in [0.717, 1.165) is 16.3 Å². The number of rotatable bonds is 3. The number of anilines is 1. The number of carboxylic acids is 1. The van der Waals surface area contributed by atoms with Gasteiger partial charge in [0.05, 0.1) is 19.0 Å². The van der Waals surface area contributed by atoms with E-state index in [1.54, 1.807) is 12.1 Å². The van der Waals surface area contributed by atoms with Gasteiger partial charge in [0, 0.05) is 5.39 Å². The van der Waals surface area contributed by atoms with Gasteiger partial charge in [-0.2, -0.15) is 18.3 Å². The zero-order valence-electron chi connectivity index (χ0n) is 13.2. The average Bonchev–Trinajstić information content (AvgIpc) is 2.55. The van der Waals surface area contributed by atoms with Crippen LogP contribution < -0.4 is 15.9 Å². The lowest BCUT2D eigenvalue weighted by atomic mass is 10.0. The van der Waals surface area contributed by atoms with Gasteiger partial charge in [-0.25, -0.2) is 9.59 Å². The van der Waals surface area contributed by atoms with E-state index in [1.807, 2.05) is 18.2 Å². The molecule has 0 aliphatic carbocycles. The molecule has 0 atom stereocenters. The SMILES string of the molecule is COc1ccc2ccc(C=NN)cc2c1NC(=O)O.O=C(O)C(F)(F)F. The number of halogens is 3. The number of alkyl halides is 3. The van der Waals surface area contributed by atoms with E-state index in [9.17, 15) is 18.0 Å². The van der Waals surface area contributed by atoms with Crippen molar-refractivity contribution in [2.75, 3.05) is 12.4 Å². The third kappa shape index (κ3) is 5.54. The van der Waals surface area contributed by atoms with Crippen LogP contribution in [0.3, 0.4) is 0 Å². The van der Waals surface area contributed by atoms with Crippen LogP contribution in [-0.4, -0.2) is 41.8 Å². The zero-order chi connectivity index (χ0) is 19.9. The Morgan fingerprint density at radius 3 is 2.27 bits per heavy atom. The lowest BCUT2D eigenvalue weighted by Gasteiger charge is -2.12. The molecule has 26 heavy (non-hydrogen) atoms. The van der Waals surface area contributed by atoms with Gasteiger partial charge in [-0.15, -0.1) is 0 Å². The maximum Gasteiger partial charge on any atom is 0.490 e. The topological polar surface area (TPSA) is 134 Å². The van der Waals surface area contributed by atoms with Gasteiger partial charge in [-0.3, -0.25) is 5.32 Å². The Labute approximate surface area is 144 Å². The summed E-state index contributed by atoms with van der Waals surface area (Å²) in [6.07, 6.45) is -4.74. The number of fused-ring (bicyclic) bond motifs is 1. The number of hydrogen-bond donors (Lipinski definition) is 4. The molecule has 1 amide bonds. The molecule has 8 nitrogen and oxygen atoms in total. The minimum Gasteiger partial charge on any atom is -0.495 e. The van der Waals surface area contributed by atoms with Gasteiger partial charge in [-0.1, -0.05) is 18.2 Å². The number of carboxylic acid groups (broad SMARTS) is 2. The minimum absolute atomic E-state index is 0.403. The van der Waals surface area contributed by atoms with E-state index in [1.165, 1.54) is 13.3 Å². The fourth-order valence-corrected chi connectivity index (χ4v) is 1.89. The van der Waals surface area contributed by atoms with Crippen molar-refractivity contribution in [2.45, 2.75) is 6.18 Å². The first-order valence-electron chi connectivity index (χ1n) is 6.74. The summed E-state index contributed by atoms with van der Waals surface area (Å²) in [5, 5.41) is 23.4. The molecule has 0 saturated heterocycles. The summed E-state index contributed by atoms with van der Waals surface area (Å²) >= 11 is 0. The number of nitrogens with zero attached hydrogens (tertiary/aromatic N) is 1. The highest BCUT2D eigenvalue weighted by molar-refractivity contribution is 6.04. The molecule has 0 unspecified atom stereocenters. The van der Waals surface area contributed by atoms with Crippen molar-refractivity contribution in [2.24, 2.45) is 10.9 Å². The monoisotopic (exact) mass is 373 g/mol. The fraction of sp³-hybridized carbons (Fsp3) is 0.133. The Balaban J connectivity index is 0.000000412. The van der Waals surface area contributed by atoms with Crippen molar-refractivity contribution in [3.05, 3.63) is 35.9 Å². The number of nitrogens with one attached hydrogen (secondary N) is 1. The Kier molecular flexibility index (Phi) is 6.76. The molecular formula is C15H14F3N3O5. The van der Waals surface area contributed by atoms with Crippen molar-refractivity contribution < 1.29 is 37.7 Å². The van der Waals surface area contributed by atoms with Gasteiger partial charge in [0.1, 0.15) is 5.75 Å². The molecule has 0 spiro atoms. The normalized spacial score (nSPS) is 10.9. The van der Waals surface area contributed by atoms with Gasteiger partial charge >= 0.3 is 18.2 Å². The number of methoxy groups -OCH3 is 1. The molecule has 0 heterocycles. The molecule has 0 aliphatic heterocycles. The van der Waals surface area contributed by atoms with Crippen molar-refractivity contribution in [1.29, 1.82) is 0 Å². The molecule has 0 saturated carbocycles. The summed E-state index contributed by atoms with van der Waals surface area (Å²) in [6, 6.07) is 9.06. The molecule has 0 aromatic heterocycles. The fourth-order valence-electron chi connectivity index (χ4n) is 1.89. The van der Waals surface area contributed by atoms with Crippen LogP contribution in [0, 0.1) is 0 Å². The smallest absolute Gasteiger partial charge is 0.490 e. The predicted molar refractivity (Wildman–Crippen MR) is 87.6 cm³/mol. The Bertz CT molecular complexity index is 837. The largest absolute Gasteiger partial charge is 0.495 e. The zero-order valence-corrected chi connectivity index (χ0v) is 13.2. The summed E-state index contributed by atoms with van der Waals surface area (Å²) in [5.74, 6) is 2.81. The lowest BCUT2D eigenvalue weighted by Crippen LogP contribution is -2.21. The standard InChI is InChI=1S/C13H13N3O3.C2HF3O2/c1-19-11-5-4-9-3-2-8(7-15-14)6-10(9)12(11)16-13(17)18;3-2(4,5)1(6)7/h2-7,16H,14H2,1H3,(H,17,18);(H,6,7). The van der Waals surface area contributed by atoms with E-state index < -0.39 is 18.2 Å². The van der Waals surface area contributed by atoms with Crippen LogP contribution in [0.2, 0.25) is 0 Å². The molecule has 11 heteroatoms. The van der Waals surface area contributed by atoms with Crippen LogP contribution in [0.25, 0.3) is 10.8 Å². The lowest BCUT2D eigenvalue weighted by molar-refractivity contribution is -0.192. The number of nitrogens with two attached hydrogens (primary N) is 1. The molecule has 2 rings (SSSR count). The average molecular weight is 373 g/mol. The number of hydrogen-bond acceptors (Lipinski definition) is 5. The number of hydrazone groups is 1. The van der Waals surface area contributed by atoms with E-state index in [2.05, 4.69) is 10.4 Å². The number of carbonyl (C=O) groups is 2. The summed E-state index contributed by atoms with van der Waals surface area (Å²) < 4.78 is 36.9. The third-order valence-electron chi connectivity index (χ3n) is 2.93. The summed E-state index contributed by atoms with van der Waals surface area (Å²) in [4.78, 5) is 19.8. The number of ether oxygens (including phenoxy) is 1. The van der Waals surface area contributed by atoms with Crippen molar-refractivity contribution in [1.82, 2.24) is 0 Å². The van der Waals surface area contributed by atoms with Gasteiger partial charge < -0.3 is 20.8 Å². The maximum absolute atomic E-state index is 10.9. The Morgan fingerprint density at radius 2 is 1.81 bits per heavy atom. The van der Waals surface area contributed by atoms with Crippen LogP contribution in [0.4, 0.5) is 23.7 Å². The minimum atomic E-state index is -5.08. The molecule has 0 fully saturated rings. The number of amides is 1. The van der Waals surface area contributed by atoms with Crippen LogP contribution in [0.1, 0.15) is 5.56 Å². The Morgan fingerprint density at radius 1 is 1.23 bits per heavy atom. The molecule has 0 aliphatic rings. The number of benzene rings is 2. The summed E-state index contributed by atoms with van der Waals surface area (Å²) in [5.41, 5.74) is 1.18. The molecule has 2 aromatic rings. The highest BCUT2D eigenvalue weighted by Crippen LogP contribution is 2.33. The molecular weight excluding hydrogens is 359 g/mol. The van der Waals surface area contributed by atoms with E-state index in [-0.39, 0.29) is 0 Å². The van der Waals surface area contributed by atoms with Gasteiger partial charge in [0.15, 0.2) is 0 Å². The second kappa shape index (κ2) is 8.55. The van der Waals surface area contributed by atoms with E-state index >= 15 is 0 Å². The molecule has 140 valence electrons. The second-order valence-electron chi connectivity index (χ2n) is 4.63. The third-order valence-corrected chi connectivity index (χ3v) is 2.93. The molecule has 2 aromatic carbocycles. The second-order valence-corrected chi connectivity index (χ2v) is 4.63. The van der Waals surface area contributed by atoms with Gasteiger partial charge in [0.25, 0.3) is 0 Å². The Hall–Kier alpha value is -3.50. The first-order valence-corrected chi connectivity index (χ1v) is 6.74. The van der Waals surface area contributed by atoms with Crippen molar-refractivity contribution >= 4 is 34.7 Å². The molecule has 5 N–H and O–H groups in total. The van der Waals surface area contributed by atoms with Crippen LogP contribution in [0.15, 0.2) is 35.4 Å². The van der Waals surface area contributed by atoms with Crippen LogP contribution >= 0.6 is 0 Å². The van der Waals surface area contributed by atoms with Crippen molar-refractivity contribution in [3.8, 4) is 5.75 Å². The highest BCUT2D eigenvalue weighted by atomic mass is 19.4. The predicted octanol–water partition coefficient (Wildman–Crippen LogP) is 2.86. The van der Waals surface area contributed by atoms with Crippen molar-refractivity contribution in [3.63, 3.8) is 0 Å². The first kappa shape index (κ1) is 20.5. The number of aliphatic carboxylic acids is 1. The van der Waals surface area contributed by atoms with Crippen LogP contribution in [-0.2, 0) is 4.79 Å². The van der Waals surface area contributed by atoms with Crippen LogP contribution in [0.5, 0.6) is 5.75 Å². The first-order chi connectivity index (χ1) is 12.1. The molecule has 0 radical (unpaired) electrons. The molecule has 0 bridgehead atoms. The van der Waals surface area contributed by atoms with E-state index in [4.69, 9.17) is 25.6 Å². The van der Waals surface area contributed by atoms with Gasteiger partial charge in [0.2, 0.25) is 0 Å². The highest BCUT2D eigenvalue weighted by Gasteiger charge is 2.38. The summed E-state index contributed by atoms with van der Waals surface area (Å²) in [7, 11) is 1.49.